The smallest absolute Gasteiger partial charge is 0.170 e. The highest BCUT2D eigenvalue weighted by Crippen LogP contribution is 2.42. The second-order valence-electron chi connectivity index (χ2n) is 7.01. The molecule has 3 fully saturated rings. The number of rotatable bonds is 3. The van der Waals surface area contributed by atoms with Crippen molar-refractivity contribution in [3.05, 3.63) is 0 Å². The summed E-state index contributed by atoms with van der Waals surface area (Å²) in [6.45, 7) is 8.55. The number of hydrogen-bond acceptors (Lipinski definition) is 4. The Hall–Kier alpha value is -0.160. The third kappa shape index (κ3) is 2.52. The van der Waals surface area contributed by atoms with Crippen molar-refractivity contribution in [3.63, 3.8) is 0 Å². The van der Waals surface area contributed by atoms with Crippen LogP contribution in [0.1, 0.15) is 52.4 Å². The Morgan fingerprint density at radius 2 is 1.85 bits per heavy atom. The van der Waals surface area contributed by atoms with Crippen LogP contribution in [0.3, 0.4) is 0 Å². The summed E-state index contributed by atoms with van der Waals surface area (Å²) >= 11 is 0. The van der Waals surface area contributed by atoms with E-state index in [1.165, 1.54) is 32.4 Å². The molecule has 0 aromatic carbocycles. The molecule has 1 spiro atoms. The van der Waals surface area contributed by atoms with Crippen LogP contribution in [0, 0.1) is 5.41 Å². The van der Waals surface area contributed by atoms with Crippen LogP contribution in [0.5, 0.6) is 0 Å². The van der Waals surface area contributed by atoms with E-state index in [0.29, 0.717) is 11.5 Å². The summed E-state index contributed by atoms with van der Waals surface area (Å²) in [6.07, 6.45) is 6.81. The average molecular weight is 282 g/mol. The highest BCUT2D eigenvalue weighted by Gasteiger charge is 2.48. The standard InChI is InChI=1S/C16H30N2O2/c1-3-15(4-2)7-8-18(12-15)14-11-16(6-5-13(14)17)19-9-10-20-16/h13-14H,3-12,17H2,1-2H3. The van der Waals surface area contributed by atoms with Crippen LogP contribution in [0.2, 0.25) is 0 Å². The van der Waals surface area contributed by atoms with E-state index >= 15 is 0 Å². The molecule has 1 aliphatic carbocycles. The summed E-state index contributed by atoms with van der Waals surface area (Å²) in [6, 6.07) is 0.708. The van der Waals surface area contributed by atoms with E-state index in [2.05, 4.69) is 18.7 Å². The van der Waals surface area contributed by atoms with Crippen molar-refractivity contribution in [2.45, 2.75) is 70.2 Å². The minimum Gasteiger partial charge on any atom is -0.347 e. The molecule has 2 atom stereocenters. The highest BCUT2D eigenvalue weighted by atomic mass is 16.7. The minimum atomic E-state index is -0.315. The summed E-state index contributed by atoms with van der Waals surface area (Å²) in [5.74, 6) is -0.315. The second-order valence-corrected chi connectivity index (χ2v) is 7.01. The maximum absolute atomic E-state index is 6.43. The van der Waals surface area contributed by atoms with Crippen molar-refractivity contribution >= 4 is 0 Å². The lowest BCUT2D eigenvalue weighted by Crippen LogP contribution is -2.56. The fraction of sp³-hybridized carbons (Fsp3) is 1.00. The van der Waals surface area contributed by atoms with Crippen LogP contribution in [-0.2, 0) is 9.47 Å². The van der Waals surface area contributed by atoms with Crippen molar-refractivity contribution in [1.82, 2.24) is 4.90 Å². The molecule has 2 N–H and O–H groups in total. The molecule has 0 bridgehead atoms. The van der Waals surface area contributed by atoms with Gasteiger partial charge in [-0.2, -0.15) is 0 Å². The van der Waals surface area contributed by atoms with Gasteiger partial charge in [0.15, 0.2) is 5.79 Å². The van der Waals surface area contributed by atoms with E-state index < -0.39 is 0 Å². The van der Waals surface area contributed by atoms with E-state index in [4.69, 9.17) is 15.2 Å². The van der Waals surface area contributed by atoms with Gasteiger partial charge in [-0.15, -0.1) is 0 Å². The lowest BCUT2D eigenvalue weighted by molar-refractivity contribution is -0.191. The first-order valence-electron chi connectivity index (χ1n) is 8.39. The summed E-state index contributed by atoms with van der Waals surface area (Å²) in [4.78, 5) is 2.63. The Bertz CT molecular complexity index is 337. The molecule has 4 nitrogen and oxygen atoms in total. The quantitative estimate of drug-likeness (QED) is 0.861. The molecule has 116 valence electrons. The fourth-order valence-electron chi connectivity index (χ4n) is 4.39. The first-order valence-corrected chi connectivity index (χ1v) is 8.39. The monoisotopic (exact) mass is 282 g/mol. The molecule has 0 aromatic rings. The SMILES string of the molecule is CCC1(CC)CCN(C2CC3(CCC2N)OCCO3)C1. The zero-order chi connectivity index (χ0) is 14.2. The van der Waals surface area contributed by atoms with Gasteiger partial charge in [0.2, 0.25) is 0 Å². The first-order chi connectivity index (χ1) is 9.62. The van der Waals surface area contributed by atoms with Gasteiger partial charge in [0.25, 0.3) is 0 Å². The lowest BCUT2D eigenvalue weighted by Gasteiger charge is -2.44. The van der Waals surface area contributed by atoms with Gasteiger partial charge in [-0.1, -0.05) is 13.8 Å². The summed E-state index contributed by atoms with van der Waals surface area (Å²) in [5, 5.41) is 0. The molecule has 2 unspecified atom stereocenters. The van der Waals surface area contributed by atoms with E-state index in [-0.39, 0.29) is 11.8 Å². The van der Waals surface area contributed by atoms with Gasteiger partial charge in [-0.25, -0.2) is 0 Å². The molecule has 3 rings (SSSR count). The zero-order valence-electron chi connectivity index (χ0n) is 13.1. The van der Waals surface area contributed by atoms with E-state index in [0.717, 1.165) is 32.5 Å². The molecule has 20 heavy (non-hydrogen) atoms. The molecule has 1 saturated carbocycles. The lowest BCUT2D eigenvalue weighted by atomic mass is 9.81. The van der Waals surface area contributed by atoms with Gasteiger partial charge in [-0.3, -0.25) is 4.90 Å². The third-order valence-corrected chi connectivity index (χ3v) is 6.12. The van der Waals surface area contributed by atoms with Crippen LogP contribution in [0.15, 0.2) is 0 Å². The van der Waals surface area contributed by atoms with Gasteiger partial charge in [0.1, 0.15) is 0 Å². The van der Waals surface area contributed by atoms with Crippen LogP contribution < -0.4 is 5.73 Å². The number of nitrogens with two attached hydrogens (primary N) is 1. The van der Waals surface area contributed by atoms with Crippen molar-refractivity contribution in [1.29, 1.82) is 0 Å². The molecular formula is C16H30N2O2. The Labute approximate surface area is 123 Å². The van der Waals surface area contributed by atoms with Gasteiger partial charge >= 0.3 is 0 Å². The summed E-state index contributed by atoms with van der Waals surface area (Å²) < 4.78 is 11.8. The number of likely N-dealkylation sites (tertiary alicyclic amines) is 1. The van der Waals surface area contributed by atoms with Crippen LogP contribution in [0.4, 0.5) is 0 Å². The maximum Gasteiger partial charge on any atom is 0.170 e. The topological polar surface area (TPSA) is 47.7 Å². The van der Waals surface area contributed by atoms with Crippen molar-refractivity contribution in [2.24, 2.45) is 11.1 Å². The van der Waals surface area contributed by atoms with Gasteiger partial charge in [0.05, 0.1) is 13.2 Å². The normalized spacial score (nSPS) is 36.8. The predicted molar refractivity (Wildman–Crippen MR) is 79.5 cm³/mol. The fourth-order valence-corrected chi connectivity index (χ4v) is 4.39. The van der Waals surface area contributed by atoms with E-state index in [1.807, 2.05) is 0 Å². The number of ether oxygens (including phenoxy) is 2. The van der Waals surface area contributed by atoms with Gasteiger partial charge in [0, 0.05) is 31.5 Å². The van der Waals surface area contributed by atoms with Crippen molar-refractivity contribution in [3.8, 4) is 0 Å². The maximum atomic E-state index is 6.43. The van der Waals surface area contributed by atoms with E-state index in [1.54, 1.807) is 0 Å². The molecular weight excluding hydrogens is 252 g/mol. The molecule has 3 aliphatic rings. The molecule has 4 heteroatoms. The number of nitrogens with zero attached hydrogens (tertiary/aromatic N) is 1. The Morgan fingerprint density at radius 1 is 1.15 bits per heavy atom. The Balaban J connectivity index is 1.69. The van der Waals surface area contributed by atoms with Crippen LogP contribution >= 0.6 is 0 Å². The predicted octanol–water partition coefficient (Wildman–Crippen LogP) is 2.12. The summed E-state index contributed by atoms with van der Waals surface area (Å²) in [7, 11) is 0. The first kappa shape index (κ1) is 14.8. The second kappa shape index (κ2) is 5.56. The molecule has 2 saturated heterocycles. The Morgan fingerprint density at radius 3 is 2.45 bits per heavy atom. The van der Waals surface area contributed by atoms with Gasteiger partial charge in [-0.05, 0) is 37.6 Å². The molecule has 0 radical (unpaired) electrons. The summed E-state index contributed by atoms with van der Waals surface area (Å²) in [5.41, 5.74) is 6.94. The Kier molecular flexibility index (Phi) is 4.10. The van der Waals surface area contributed by atoms with Crippen molar-refractivity contribution in [2.75, 3.05) is 26.3 Å². The third-order valence-electron chi connectivity index (χ3n) is 6.12. The highest BCUT2D eigenvalue weighted by molar-refractivity contribution is 4.99. The average Bonchev–Trinajstić information content (AvgIpc) is 3.10. The van der Waals surface area contributed by atoms with Gasteiger partial charge < -0.3 is 15.2 Å². The molecule has 2 aliphatic heterocycles. The van der Waals surface area contributed by atoms with Crippen LogP contribution in [-0.4, -0.2) is 49.1 Å². The largest absolute Gasteiger partial charge is 0.347 e. The minimum absolute atomic E-state index is 0.276. The van der Waals surface area contributed by atoms with E-state index in [9.17, 15) is 0 Å². The zero-order valence-corrected chi connectivity index (χ0v) is 13.1. The molecule has 0 aromatic heterocycles. The number of hydrogen-bond donors (Lipinski definition) is 1. The molecule has 2 heterocycles. The molecule has 0 amide bonds. The van der Waals surface area contributed by atoms with Crippen LogP contribution in [0.25, 0.3) is 0 Å². The van der Waals surface area contributed by atoms with Crippen molar-refractivity contribution < 1.29 is 9.47 Å².